The van der Waals surface area contributed by atoms with E-state index in [-0.39, 0.29) is 6.61 Å². The third kappa shape index (κ3) is 5.28. The zero-order chi connectivity index (χ0) is 7.33. The Morgan fingerprint density at radius 1 is 1.33 bits per heavy atom. The molecule has 56 valence electrons. The van der Waals surface area contributed by atoms with E-state index in [9.17, 15) is 0 Å². The molecule has 0 aromatic heterocycles. The van der Waals surface area contributed by atoms with Crippen LogP contribution in [0.4, 0.5) is 0 Å². The molecule has 0 radical (unpaired) electrons. The Morgan fingerprint density at radius 2 is 1.89 bits per heavy atom. The van der Waals surface area contributed by atoms with E-state index in [1.54, 1.807) is 0 Å². The van der Waals surface area contributed by atoms with Gasteiger partial charge in [0.1, 0.15) is 4.33 Å². The van der Waals surface area contributed by atoms with Gasteiger partial charge in [-0.2, -0.15) is 0 Å². The normalized spacial score (nSPS) is 12.0. The SMILES string of the molecule is OCC(Cl)(Cl)CCCCl. The maximum atomic E-state index is 8.51. The molecule has 0 unspecified atom stereocenters. The summed E-state index contributed by atoms with van der Waals surface area (Å²) in [7, 11) is 0. The molecule has 0 aliphatic carbocycles. The van der Waals surface area contributed by atoms with Crippen LogP contribution in [0.3, 0.4) is 0 Å². The van der Waals surface area contributed by atoms with Crippen molar-refractivity contribution in [1.29, 1.82) is 0 Å². The van der Waals surface area contributed by atoms with Gasteiger partial charge < -0.3 is 5.11 Å². The number of rotatable bonds is 4. The van der Waals surface area contributed by atoms with Crippen LogP contribution in [0.15, 0.2) is 0 Å². The van der Waals surface area contributed by atoms with Gasteiger partial charge in [0.25, 0.3) is 0 Å². The van der Waals surface area contributed by atoms with Gasteiger partial charge in [-0.1, -0.05) is 23.2 Å². The molecule has 1 N–H and O–H groups in total. The summed E-state index contributed by atoms with van der Waals surface area (Å²) in [4.78, 5) is 0. The van der Waals surface area contributed by atoms with E-state index < -0.39 is 4.33 Å². The van der Waals surface area contributed by atoms with Crippen LogP contribution in [0, 0.1) is 0 Å². The highest BCUT2D eigenvalue weighted by Gasteiger charge is 2.21. The Bertz CT molecular complexity index is 74.6. The second kappa shape index (κ2) is 4.62. The standard InChI is InChI=1S/C5H9Cl3O/c6-3-1-2-5(7,8)4-9/h9H,1-4H2. The van der Waals surface area contributed by atoms with Crippen LogP contribution < -0.4 is 0 Å². The lowest BCUT2D eigenvalue weighted by Crippen LogP contribution is -2.17. The first-order valence-electron chi connectivity index (χ1n) is 2.67. The van der Waals surface area contributed by atoms with Crippen LogP contribution in [0.5, 0.6) is 0 Å². The smallest absolute Gasteiger partial charge is 0.141 e. The Labute approximate surface area is 69.9 Å². The quantitative estimate of drug-likeness (QED) is 0.675. The lowest BCUT2D eigenvalue weighted by Gasteiger charge is -2.14. The van der Waals surface area contributed by atoms with Crippen LogP contribution in [-0.4, -0.2) is 21.9 Å². The molecule has 0 aliphatic heterocycles. The van der Waals surface area contributed by atoms with Crippen molar-refractivity contribution in [1.82, 2.24) is 0 Å². The van der Waals surface area contributed by atoms with Crippen molar-refractivity contribution >= 4 is 34.8 Å². The first-order chi connectivity index (χ1) is 4.12. The molecule has 0 atom stereocenters. The van der Waals surface area contributed by atoms with Gasteiger partial charge in [0.05, 0.1) is 6.61 Å². The molecule has 0 rings (SSSR count). The van der Waals surface area contributed by atoms with Crippen molar-refractivity contribution in [3.05, 3.63) is 0 Å². The molecule has 0 spiro atoms. The number of aliphatic hydroxyl groups is 1. The molecule has 0 bridgehead atoms. The number of alkyl halides is 3. The second-order valence-corrected chi connectivity index (χ2v) is 3.83. The van der Waals surface area contributed by atoms with Crippen molar-refractivity contribution in [2.24, 2.45) is 0 Å². The summed E-state index contributed by atoms with van der Waals surface area (Å²) in [6.45, 7) is -0.215. The fourth-order valence-corrected chi connectivity index (χ4v) is 0.805. The first-order valence-corrected chi connectivity index (χ1v) is 3.96. The molecule has 0 aromatic carbocycles. The zero-order valence-electron chi connectivity index (χ0n) is 4.91. The lowest BCUT2D eigenvalue weighted by molar-refractivity contribution is 0.273. The summed E-state index contributed by atoms with van der Waals surface area (Å²) in [6.07, 6.45) is 1.27. The Hall–Kier alpha value is 0.830. The van der Waals surface area contributed by atoms with E-state index in [0.717, 1.165) is 6.42 Å². The van der Waals surface area contributed by atoms with Gasteiger partial charge in [-0.25, -0.2) is 0 Å². The molecule has 0 amide bonds. The van der Waals surface area contributed by atoms with Crippen molar-refractivity contribution in [3.63, 3.8) is 0 Å². The zero-order valence-corrected chi connectivity index (χ0v) is 7.18. The van der Waals surface area contributed by atoms with E-state index in [0.29, 0.717) is 12.3 Å². The molecule has 4 heteroatoms. The van der Waals surface area contributed by atoms with E-state index in [4.69, 9.17) is 39.9 Å². The van der Waals surface area contributed by atoms with Crippen molar-refractivity contribution in [3.8, 4) is 0 Å². The first kappa shape index (κ1) is 9.83. The molecule has 0 saturated heterocycles. The third-order valence-corrected chi connectivity index (χ3v) is 1.79. The van der Waals surface area contributed by atoms with Gasteiger partial charge >= 0.3 is 0 Å². The summed E-state index contributed by atoms with van der Waals surface area (Å²) >= 11 is 16.5. The fourth-order valence-electron chi connectivity index (χ4n) is 0.405. The average Bonchev–Trinajstić information content (AvgIpc) is 1.84. The summed E-state index contributed by atoms with van der Waals surface area (Å²) in [5.41, 5.74) is 0. The molecule has 0 saturated carbocycles. The molecule has 0 aromatic rings. The number of halogens is 3. The summed E-state index contributed by atoms with van der Waals surface area (Å²) in [6, 6.07) is 0. The maximum Gasteiger partial charge on any atom is 0.141 e. The molecular formula is C5H9Cl3O. The van der Waals surface area contributed by atoms with E-state index >= 15 is 0 Å². The van der Waals surface area contributed by atoms with Crippen LogP contribution in [0.1, 0.15) is 12.8 Å². The van der Waals surface area contributed by atoms with E-state index in [1.807, 2.05) is 0 Å². The fraction of sp³-hybridized carbons (Fsp3) is 1.00. The number of aliphatic hydroxyl groups excluding tert-OH is 1. The molecule has 0 fully saturated rings. The van der Waals surface area contributed by atoms with Gasteiger partial charge in [-0.15, -0.1) is 11.6 Å². The highest BCUT2D eigenvalue weighted by Crippen LogP contribution is 2.25. The van der Waals surface area contributed by atoms with E-state index in [1.165, 1.54) is 0 Å². The maximum absolute atomic E-state index is 8.51. The summed E-state index contributed by atoms with van der Waals surface area (Å²) in [5.74, 6) is 0.529. The minimum atomic E-state index is -0.991. The predicted octanol–water partition coefficient (Wildman–Crippen LogP) is 2.17. The Balaban J connectivity index is 3.33. The van der Waals surface area contributed by atoms with Crippen LogP contribution in [0.2, 0.25) is 0 Å². The number of hydrogen-bond acceptors (Lipinski definition) is 1. The minimum absolute atomic E-state index is 0.215. The van der Waals surface area contributed by atoms with Gasteiger partial charge in [-0.05, 0) is 12.8 Å². The average molecular weight is 191 g/mol. The lowest BCUT2D eigenvalue weighted by atomic mass is 10.2. The highest BCUT2D eigenvalue weighted by atomic mass is 35.5. The number of hydrogen-bond donors (Lipinski definition) is 1. The van der Waals surface area contributed by atoms with Gasteiger partial charge in [-0.3, -0.25) is 0 Å². The monoisotopic (exact) mass is 190 g/mol. The largest absolute Gasteiger partial charge is 0.393 e. The van der Waals surface area contributed by atoms with Crippen molar-refractivity contribution < 1.29 is 5.11 Å². The highest BCUT2D eigenvalue weighted by molar-refractivity contribution is 6.48. The molecule has 1 nitrogen and oxygen atoms in total. The molecule has 0 aliphatic rings. The topological polar surface area (TPSA) is 20.2 Å². The van der Waals surface area contributed by atoms with Gasteiger partial charge in [0.15, 0.2) is 0 Å². The van der Waals surface area contributed by atoms with Crippen LogP contribution in [-0.2, 0) is 0 Å². The summed E-state index contributed by atoms with van der Waals surface area (Å²) < 4.78 is -0.991. The molecule has 0 heterocycles. The second-order valence-electron chi connectivity index (χ2n) is 1.81. The van der Waals surface area contributed by atoms with E-state index in [2.05, 4.69) is 0 Å². The molecule has 9 heavy (non-hydrogen) atoms. The van der Waals surface area contributed by atoms with Gasteiger partial charge in [0, 0.05) is 5.88 Å². The van der Waals surface area contributed by atoms with Crippen molar-refractivity contribution in [2.45, 2.75) is 17.2 Å². The van der Waals surface area contributed by atoms with Crippen molar-refractivity contribution in [2.75, 3.05) is 12.5 Å². The van der Waals surface area contributed by atoms with Crippen LogP contribution in [0.25, 0.3) is 0 Å². The third-order valence-electron chi connectivity index (χ3n) is 0.907. The minimum Gasteiger partial charge on any atom is -0.393 e. The van der Waals surface area contributed by atoms with Gasteiger partial charge in [0.2, 0.25) is 0 Å². The predicted molar refractivity (Wildman–Crippen MR) is 41.5 cm³/mol. The Kier molecular flexibility index (Phi) is 5.04. The molecular weight excluding hydrogens is 182 g/mol. The summed E-state index contributed by atoms with van der Waals surface area (Å²) in [5, 5.41) is 8.51. The van der Waals surface area contributed by atoms with Crippen LogP contribution >= 0.6 is 34.8 Å². The Morgan fingerprint density at radius 3 is 2.22 bits per heavy atom.